The van der Waals surface area contributed by atoms with Gasteiger partial charge in [-0.15, -0.1) is 0 Å². The van der Waals surface area contributed by atoms with Crippen LogP contribution in [0.4, 0.5) is 9.59 Å². The largest absolute Gasteiger partial charge is 0.480 e. The molecule has 0 bridgehead atoms. The number of primary amides is 1. The Hall–Kier alpha value is -2.07. The fraction of sp³-hybridized carbons (Fsp3) is 0.786. The van der Waals surface area contributed by atoms with Crippen molar-refractivity contribution in [1.82, 2.24) is 5.32 Å². The molecule has 24 heavy (non-hydrogen) atoms. The number of hydrogen-bond donors (Lipinski definition) is 3. The van der Waals surface area contributed by atoms with Gasteiger partial charge < -0.3 is 35.1 Å². The third kappa shape index (κ3) is 6.20. The Balaban J connectivity index is 2.89. The first-order valence-electron chi connectivity index (χ1n) is 7.31. The van der Waals surface area contributed by atoms with Crippen LogP contribution >= 0.6 is 0 Å². The van der Waals surface area contributed by atoms with Crippen molar-refractivity contribution in [3.63, 3.8) is 0 Å². The minimum Gasteiger partial charge on any atom is -0.480 e. The van der Waals surface area contributed by atoms with Crippen LogP contribution in [-0.4, -0.2) is 59.5 Å². The third-order valence-corrected chi connectivity index (χ3v) is 2.88. The maximum Gasteiger partial charge on any atom is 0.408 e. The molecule has 3 atom stereocenters. The predicted molar refractivity (Wildman–Crippen MR) is 80.2 cm³/mol. The van der Waals surface area contributed by atoms with E-state index in [1.54, 1.807) is 34.6 Å². The van der Waals surface area contributed by atoms with Crippen LogP contribution in [0.3, 0.4) is 0 Å². The Morgan fingerprint density at radius 1 is 1.29 bits per heavy atom. The van der Waals surface area contributed by atoms with E-state index in [1.807, 2.05) is 0 Å². The molecule has 0 aromatic rings. The number of rotatable bonds is 5. The van der Waals surface area contributed by atoms with E-state index < -0.39 is 47.8 Å². The Labute approximate surface area is 139 Å². The number of nitrogens with two attached hydrogens (primary N) is 1. The van der Waals surface area contributed by atoms with Gasteiger partial charge in [0.05, 0.1) is 0 Å². The van der Waals surface area contributed by atoms with Gasteiger partial charge in [-0.05, 0) is 34.6 Å². The van der Waals surface area contributed by atoms with Gasteiger partial charge in [-0.3, -0.25) is 0 Å². The third-order valence-electron chi connectivity index (χ3n) is 2.88. The molecular formula is C14H24N2O8. The first-order chi connectivity index (χ1) is 10.8. The summed E-state index contributed by atoms with van der Waals surface area (Å²) in [5.74, 6) is -2.48. The molecule has 0 aliphatic carbocycles. The van der Waals surface area contributed by atoms with Gasteiger partial charge in [0, 0.05) is 0 Å². The van der Waals surface area contributed by atoms with Crippen LogP contribution in [0.15, 0.2) is 0 Å². The number of ether oxygens (including phenoxy) is 4. The Morgan fingerprint density at radius 3 is 2.33 bits per heavy atom. The van der Waals surface area contributed by atoms with E-state index in [4.69, 9.17) is 19.9 Å². The van der Waals surface area contributed by atoms with Crippen molar-refractivity contribution in [3.8, 4) is 0 Å². The summed E-state index contributed by atoms with van der Waals surface area (Å²) < 4.78 is 20.8. The SMILES string of the molecule is CC(C)(C)OC(=O)N[C@@H](C(=O)O)[C@@H]1OC(C)(C)O[C@@H]1COC(N)=O. The van der Waals surface area contributed by atoms with Gasteiger partial charge in [-0.2, -0.15) is 0 Å². The van der Waals surface area contributed by atoms with E-state index in [1.165, 1.54) is 0 Å². The Bertz CT molecular complexity index is 499. The zero-order chi connectivity index (χ0) is 18.7. The number of nitrogens with one attached hydrogen (secondary N) is 1. The molecule has 10 heteroatoms. The van der Waals surface area contributed by atoms with Crippen LogP contribution in [0, 0.1) is 0 Å². The van der Waals surface area contributed by atoms with Gasteiger partial charge in [0.2, 0.25) is 0 Å². The summed E-state index contributed by atoms with van der Waals surface area (Å²) in [7, 11) is 0. The van der Waals surface area contributed by atoms with E-state index in [0.717, 1.165) is 0 Å². The molecule has 0 aromatic carbocycles. The van der Waals surface area contributed by atoms with Crippen molar-refractivity contribution in [2.75, 3.05) is 6.61 Å². The van der Waals surface area contributed by atoms with Gasteiger partial charge in [-0.1, -0.05) is 0 Å². The number of amides is 2. The van der Waals surface area contributed by atoms with Crippen molar-refractivity contribution in [3.05, 3.63) is 0 Å². The first-order valence-corrected chi connectivity index (χ1v) is 7.31. The van der Waals surface area contributed by atoms with Crippen LogP contribution in [-0.2, 0) is 23.7 Å². The summed E-state index contributed by atoms with van der Waals surface area (Å²) in [6.45, 7) is 7.75. The van der Waals surface area contributed by atoms with Crippen molar-refractivity contribution < 1.29 is 38.4 Å². The number of carbonyl (C=O) groups excluding carboxylic acids is 2. The van der Waals surface area contributed by atoms with Crippen molar-refractivity contribution in [2.45, 2.75) is 64.3 Å². The zero-order valence-corrected chi connectivity index (χ0v) is 14.3. The molecule has 0 spiro atoms. The second kappa shape index (κ2) is 7.22. The fourth-order valence-electron chi connectivity index (χ4n) is 2.16. The highest BCUT2D eigenvalue weighted by Gasteiger charge is 2.49. The van der Waals surface area contributed by atoms with Gasteiger partial charge >= 0.3 is 18.2 Å². The number of hydrogen-bond acceptors (Lipinski definition) is 7. The lowest BCUT2D eigenvalue weighted by Crippen LogP contribution is -2.54. The second-order valence-corrected chi connectivity index (χ2v) is 6.73. The van der Waals surface area contributed by atoms with Crippen molar-refractivity contribution in [2.24, 2.45) is 5.73 Å². The Morgan fingerprint density at radius 2 is 1.88 bits per heavy atom. The standard InChI is InChI=1S/C14H24N2O8/c1-13(2,3)24-12(20)16-8(10(17)18)9-7(6-21-11(15)19)22-14(4,5)23-9/h7-9H,6H2,1-5H3,(H2,15,19)(H,16,20)(H,17,18)/t7-,8-,9-/m1/s1. The number of carboxylic acids is 1. The van der Waals surface area contributed by atoms with Crippen LogP contribution in [0.2, 0.25) is 0 Å². The average Bonchev–Trinajstić information content (AvgIpc) is 2.66. The number of aliphatic carboxylic acids is 1. The molecule has 0 unspecified atom stereocenters. The van der Waals surface area contributed by atoms with E-state index in [2.05, 4.69) is 10.1 Å². The maximum absolute atomic E-state index is 11.9. The second-order valence-electron chi connectivity index (χ2n) is 6.73. The number of carbonyl (C=O) groups is 3. The van der Waals surface area contributed by atoms with Crippen molar-refractivity contribution in [1.29, 1.82) is 0 Å². The quantitative estimate of drug-likeness (QED) is 0.654. The lowest BCUT2D eigenvalue weighted by Gasteiger charge is -2.26. The van der Waals surface area contributed by atoms with Crippen molar-refractivity contribution >= 4 is 18.2 Å². The molecule has 1 aliphatic rings. The van der Waals surface area contributed by atoms with E-state index in [-0.39, 0.29) is 6.61 Å². The minimum absolute atomic E-state index is 0.316. The lowest BCUT2D eigenvalue weighted by molar-refractivity contribution is -0.157. The number of alkyl carbamates (subject to hydrolysis) is 1. The number of carboxylic acid groups (broad SMARTS) is 1. The minimum atomic E-state index is -1.47. The predicted octanol–water partition coefficient (Wildman–Crippen LogP) is 0.580. The molecule has 138 valence electrons. The molecule has 1 saturated heterocycles. The summed E-state index contributed by atoms with van der Waals surface area (Å²) >= 11 is 0. The van der Waals surface area contributed by atoms with E-state index in [9.17, 15) is 19.5 Å². The molecule has 4 N–H and O–H groups in total. The highest BCUT2D eigenvalue weighted by molar-refractivity contribution is 5.80. The van der Waals surface area contributed by atoms with Gasteiger partial charge in [-0.25, -0.2) is 14.4 Å². The molecule has 2 amide bonds. The van der Waals surface area contributed by atoms with Crippen LogP contribution in [0.5, 0.6) is 0 Å². The van der Waals surface area contributed by atoms with Crippen LogP contribution < -0.4 is 11.1 Å². The highest BCUT2D eigenvalue weighted by atomic mass is 16.8. The maximum atomic E-state index is 11.9. The highest BCUT2D eigenvalue weighted by Crippen LogP contribution is 2.30. The molecule has 0 aromatic heterocycles. The van der Waals surface area contributed by atoms with E-state index in [0.29, 0.717) is 0 Å². The zero-order valence-electron chi connectivity index (χ0n) is 14.3. The molecule has 0 saturated carbocycles. The summed E-state index contributed by atoms with van der Waals surface area (Å²) in [6.07, 6.45) is -3.99. The summed E-state index contributed by atoms with van der Waals surface area (Å²) in [6, 6.07) is -1.47. The monoisotopic (exact) mass is 348 g/mol. The molecular weight excluding hydrogens is 324 g/mol. The molecule has 10 nitrogen and oxygen atoms in total. The topological polar surface area (TPSA) is 146 Å². The molecule has 0 radical (unpaired) electrons. The summed E-state index contributed by atoms with van der Waals surface area (Å²) in [5, 5.41) is 11.6. The molecule has 1 fully saturated rings. The van der Waals surface area contributed by atoms with Crippen LogP contribution in [0.25, 0.3) is 0 Å². The fourth-order valence-corrected chi connectivity index (χ4v) is 2.16. The van der Waals surface area contributed by atoms with Crippen LogP contribution in [0.1, 0.15) is 34.6 Å². The van der Waals surface area contributed by atoms with Gasteiger partial charge in [0.1, 0.15) is 24.4 Å². The van der Waals surface area contributed by atoms with Gasteiger partial charge in [0.15, 0.2) is 11.8 Å². The average molecular weight is 348 g/mol. The molecule has 1 heterocycles. The Kier molecular flexibility index (Phi) is 6.01. The smallest absolute Gasteiger partial charge is 0.408 e. The molecule has 1 aliphatic heterocycles. The normalized spacial score (nSPS) is 24.0. The lowest BCUT2D eigenvalue weighted by atomic mass is 10.1. The van der Waals surface area contributed by atoms with Gasteiger partial charge in [0.25, 0.3) is 0 Å². The summed E-state index contributed by atoms with van der Waals surface area (Å²) in [5.41, 5.74) is 4.11. The molecule has 1 rings (SSSR count). The first kappa shape index (κ1) is 20.0. The summed E-state index contributed by atoms with van der Waals surface area (Å²) in [4.78, 5) is 34.2. The van der Waals surface area contributed by atoms with E-state index >= 15 is 0 Å².